The smallest absolute Gasteiger partial charge is 0.315 e. The van der Waals surface area contributed by atoms with E-state index in [0.29, 0.717) is 34.0 Å². The second-order valence-electron chi connectivity index (χ2n) is 10.5. The summed E-state index contributed by atoms with van der Waals surface area (Å²) in [7, 11) is 0. The molecule has 5 atom stereocenters. The zero-order chi connectivity index (χ0) is 28.3. The number of nitrogens with one attached hydrogen (secondary N) is 5. The van der Waals surface area contributed by atoms with E-state index in [9.17, 15) is 4.79 Å². The second kappa shape index (κ2) is 12.1. The van der Waals surface area contributed by atoms with Crippen LogP contribution in [-0.2, 0) is 13.0 Å². The van der Waals surface area contributed by atoms with E-state index < -0.39 is 6.04 Å². The van der Waals surface area contributed by atoms with Gasteiger partial charge in [-0.1, -0.05) is 53.5 Å². The van der Waals surface area contributed by atoms with E-state index in [1.165, 1.54) is 11.0 Å². The number of amides is 2. The number of halogens is 2. The van der Waals surface area contributed by atoms with E-state index in [1.54, 1.807) is 18.2 Å². The maximum atomic E-state index is 13.2. The van der Waals surface area contributed by atoms with Gasteiger partial charge in [0.25, 0.3) is 0 Å². The Morgan fingerprint density at radius 2 is 2.00 bits per heavy atom. The highest BCUT2D eigenvalue weighted by Crippen LogP contribution is 2.40. The summed E-state index contributed by atoms with van der Waals surface area (Å²) in [6.45, 7) is 0.206. The number of aromatic amines is 1. The number of hydrogen-bond donors (Lipinski definition) is 6. The van der Waals surface area contributed by atoms with Crippen molar-refractivity contribution in [2.24, 2.45) is 11.7 Å². The van der Waals surface area contributed by atoms with Crippen LogP contribution >= 0.6 is 23.2 Å². The topological polar surface area (TPSA) is 163 Å². The van der Waals surface area contributed by atoms with Gasteiger partial charge >= 0.3 is 6.03 Å². The Hall–Kier alpha value is -3.55. The number of hydrazine groups is 1. The van der Waals surface area contributed by atoms with Crippen LogP contribution < -0.4 is 27.2 Å². The molecule has 1 aliphatic heterocycles. The molecular formula is C27H31Cl2N11O. The zero-order valence-corrected chi connectivity index (χ0v) is 23.6. The molecule has 1 saturated carbocycles. The van der Waals surface area contributed by atoms with E-state index in [0.717, 1.165) is 36.1 Å². The Morgan fingerprint density at radius 3 is 2.80 bits per heavy atom. The van der Waals surface area contributed by atoms with Gasteiger partial charge in [-0.05, 0) is 65.4 Å². The SMILES string of the molecule is NC1NNC2CC(c3[nH]c([C@H](Cc4ccccc4)NC(=O)NCc4cc(Cl)ccc4-n4cnnn4)nc3Cl)CCC12. The molecule has 3 heterocycles. The molecule has 14 heteroatoms. The van der Waals surface area contributed by atoms with E-state index in [1.807, 2.05) is 30.3 Å². The van der Waals surface area contributed by atoms with Gasteiger partial charge in [0, 0.05) is 29.4 Å². The predicted octanol–water partition coefficient (Wildman–Crippen LogP) is 3.12. The van der Waals surface area contributed by atoms with Crippen molar-refractivity contribution >= 4 is 29.2 Å². The van der Waals surface area contributed by atoms with Crippen LogP contribution in [0.1, 0.15) is 53.9 Å². The van der Waals surface area contributed by atoms with E-state index >= 15 is 0 Å². The maximum Gasteiger partial charge on any atom is 0.315 e. The molecule has 12 nitrogen and oxygen atoms in total. The summed E-state index contributed by atoms with van der Waals surface area (Å²) in [6, 6.07) is 14.7. The number of rotatable bonds is 8. The van der Waals surface area contributed by atoms with Crippen LogP contribution in [0.4, 0.5) is 4.79 Å². The number of nitrogens with two attached hydrogens (primary N) is 1. The lowest BCUT2D eigenvalue weighted by atomic mass is 9.77. The fourth-order valence-electron chi connectivity index (χ4n) is 5.82. The first-order valence-electron chi connectivity index (χ1n) is 13.6. The summed E-state index contributed by atoms with van der Waals surface area (Å²) < 4.78 is 1.52. The molecule has 4 aromatic rings. The molecule has 2 amide bonds. The van der Waals surface area contributed by atoms with Crippen LogP contribution in [0.25, 0.3) is 5.69 Å². The molecule has 2 aliphatic rings. The molecule has 6 rings (SSSR count). The number of fused-ring (bicyclic) bond motifs is 1. The molecule has 0 radical (unpaired) electrons. The van der Waals surface area contributed by atoms with Gasteiger partial charge in [0.1, 0.15) is 12.2 Å². The van der Waals surface area contributed by atoms with Gasteiger partial charge in [-0.3, -0.25) is 5.43 Å². The Balaban J connectivity index is 1.19. The molecule has 41 heavy (non-hydrogen) atoms. The number of carbonyl (C=O) groups excluding carboxylic acids is 1. The molecule has 1 aliphatic carbocycles. The minimum Gasteiger partial charge on any atom is -0.343 e. The number of aromatic nitrogens is 6. The number of tetrazole rings is 1. The molecular weight excluding hydrogens is 565 g/mol. The third kappa shape index (κ3) is 6.21. The van der Waals surface area contributed by atoms with Gasteiger partial charge < -0.3 is 21.4 Å². The van der Waals surface area contributed by atoms with Crippen molar-refractivity contribution in [3.63, 3.8) is 0 Å². The number of imidazole rings is 1. The number of urea groups is 1. The van der Waals surface area contributed by atoms with Gasteiger partial charge in [0.2, 0.25) is 0 Å². The first-order valence-corrected chi connectivity index (χ1v) is 14.3. The lowest BCUT2D eigenvalue weighted by Crippen LogP contribution is -2.39. The maximum absolute atomic E-state index is 13.2. The summed E-state index contributed by atoms with van der Waals surface area (Å²) in [5.41, 5.74) is 16.1. The average molecular weight is 597 g/mol. The number of carbonyl (C=O) groups is 1. The summed E-state index contributed by atoms with van der Waals surface area (Å²) >= 11 is 12.9. The molecule has 7 N–H and O–H groups in total. The van der Waals surface area contributed by atoms with Crippen molar-refractivity contribution in [2.75, 3.05) is 0 Å². The Labute approximate surface area is 246 Å². The van der Waals surface area contributed by atoms with Gasteiger partial charge in [0.15, 0.2) is 5.15 Å². The first kappa shape index (κ1) is 27.6. The van der Waals surface area contributed by atoms with Crippen LogP contribution in [0, 0.1) is 5.92 Å². The van der Waals surface area contributed by atoms with E-state index in [2.05, 4.69) is 47.0 Å². The fraction of sp³-hybridized carbons (Fsp3) is 0.370. The third-order valence-electron chi connectivity index (χ3n) is 7.91. The minimum absolute atomic E-state index is 0.0393. The monoisotopic (exact) mass is 595 g/mol. The summed E-state index contributed by atoms with van der Waals surface area (Å²) in [5.74, 6) is 1.21. The van der Waals surface area contributed by atoms with Gasteiger partial charge in [-0.2, -0.15) is 0 Å². The lowest BCUT2D eigenvalue weighted by Gasteiger charge is -2.31. The minimum atomic E-state index is -0.446. The number of benzene rings is 2. The lowest BCUT2D eigenvalue weighted by molar-refractivity contribution is 0.236. The summed E-state index contributed by atoms with van der Waals surface area (Å²) in [5, 5.41) is 18.3. The summed E-state index contributed by atoms with van der Waals surface area (Å²) in [6.07, 6.45) is 4.82. The van der Waals surface area contributed by atoms with Crippen LogP contribution in [0.5, 0.6) is 0 Å². The Kier molecular flexibility index (Phi) is 8.17. The molecule has 1 saturated heterocycles. The van der Waals surface area contributed by atoms with Crippen LogP contribution in [0.3, 0.4) is 0 Å². The highest BCUT2D eigenvalue weighted by Gasteiger charge is 2.40. The highest BCUT2D eigenvalue weighted by atomic mass is 35.5. The number of nitrogens with zero attached hydrogens (tertiary/aromatic N) is 5. The van der Waals surface area contributed by atoms with Crippen molar-refractivity contribution in [1.29, 1.82) is 0 Å². The molecule has 4 unspecified atom stereocenters. The van der Waals surface area contributed by atoms with Crippen LogP contribution in [0.2, 0.25) is 10.2 Å². The summed E-state index contributed by atoms with van der Waals surface area (Å²) in [4.78, 5) is 21.4. The van der Waals surface area contributed by atoms with Crippen molar-refractivity contribution in [2.45, 2.75) is 56.4 Å². The predicted molar refractivity (Wildman–Crippen MR) is 154 cm³/mol. The molecule has 2 fully saturated rings. The Morgan fingerprint density at radius 1 is 1.15 bits per heavy atom. The molecule has 2 aromatic heterocycles. The van der Waals surface area contributed by atoms with Gasteiger partial charge in [0.05, 0.1) is 23.6 Å². The highest BCUT2D eigenvalue weighted by molar-refractivity contribution is 6.30. The van der Waals surface area contributed by atoms with E-state index in [4.69, 9.17) is 28.9 Å². The van der Waals surface area contributed by atoms with Gasteiger partial charge in [-0.15, -0.1) is 5.10 Å². The van der Waals surface area contributed by atoms with Crippen molar-refractivity contribution in [3.05, 3.63) is 87.7 Å². The quantitative estimate of drug-likeness (QED) is 0.181. The van der Waals surface area contributed by atoms with Crippen molar-refractivity contribution in [3.8, 4) is 5.69 Å². The largest absolute Gasteiger partial charge is 0.343 e. The van der Waals surface area contributed by atoms with Crippen molar-refractivity contribution in [1.82, 2.24) is 51.7 Å². The first-order chi connectivity index (χ1) is 19.9. The van der Waals surface area contributed by atoms with Crippen LogP contribution in [0.15, 0.2) is 54.9 Å². The molecule has 0 spiro atoms. The third-order valence-corrected chi connectivity index (χ3v) is 8.43. The van der Waals surface area contributed by atoms with E-state index in [-0.39, 0.29) is 30.7 Å². The van der Waals surface area contributed by atoms with Gasteiger partial charge in [-0.25, -0.2) is 19.9 Å². The fourth-order valence-corrected chi connectivity index (χ4v) is 6.31. The van der Waals surface area contributed by atoms with Crippen molar-refractivity contribution < 1.29 is 4.79 Å². The molecule has 0 bridgehead atoms. The average Bonchev–Trinajstić information content (AvgIpc) is 3.73. The molecule has 2 aromatic carbocycles. The Bertz CT molecular complexity index is 1480. The number of H-pyrrole nitrogens is 1. The zero-order valence-electron chi connectivity index (χ0n) is 22.1. The normalized spacial score (nSPS) is 22.7. The molecule has 214 valence electrons. The standard InChI is InChI=1S/C27H31Cl2N11O/c28-18-7-9-22(40-14-32-38-39-40)17(11-18)13-31-27(41)33-21(10-15-4-2-1-3-5-15)26-34-23(24(29)35-26)16-6-8-19-20(12-16)36-37-25(19)30/h1-5,7,9,11,14,16,19-21,25,36-37H,6,8,10,12-13,30H2,(H,34,35)(H2,31,33,41)/t16?,19?,20?,21-,25?/m0/s1. The number of hydrogen-bond acceptors (Lipinski definition) is 8. The van der Waals surface area contributed by atoms with Crippen LogP contribution in [-0.4, -0.2) is 48.4 Å². The second-order valence-corrected chi connectivity index (χ2v) is 11.3.